The topological polar surface area (TPSA) is 64.5 Å². The lowest BCUT2D eigenvalue weighted by atomic mass is 10.1. The molecule has 1 heterocycles. The minimum absolute atomic E-state index is 0.134. The zero-order valence-corrected chi connectivity index (χ0v) is 9.44. The highest BCUT2D eigenvalue weighted by Gasteiger charge is 2.32. The van der Waals surface area contributed by atoms with Crippen LogP contribution in [0.3, 0.4) is 0 Å². The predicted molar refractivity (Wildman–Crippen MR) is 61.9 cm³/mol. The highest BCUT2D eigenvalue weighted by molar-refractivity contribution is 5.15. The minimum atomic E-state index is -0.726. The Morgan fingerprint density at radius 2 is 2.00 bits per heavy atom. The number of rotatable bonds is 4. The van der Waals surface area contributed by atoms with Crippen LogP contribution >= 0.6 is 0 Å². The fraction of sp³-hybridized carbons (Fsp3) is 0.500. The van der Waals surface area contributed by atoms with Crippen LogP contribution in [-0.4, -0.2) is 41.6 Å². The van der Waals surface area contributed by atoms with Gasteiger partial charge in [-0.2, -0.15) is 0 Å². The molecule has 1 aromatic rings. The van der Waals surface area contributed by atoms with Crippen LogP contribution in [0.5, 0.6) is 0 Å². The summed E-state index contributed by atoms with van der Waals surface area (Å²) in [5.74, 6) is -0.246. The summed E-state index contributed by atoms with van der Waals surface area (Å²) in [4.78, 5) is 0. The molecular formula is C12H17FN2O2. The van der Waals surface area contributed by atoms with Crippen LogP contribution < -0.4 is 10.6 Å². The van der Waals surface area contributed by atoms with Gasteiger partial charge in [-0.25, -0.2) is 4.39 Å². The van der Waals surface area contributed by atoms with Gasteiger partial charge in [0.2, 0.25) is 0 Å². The van der Waals surface area contributed by atoms with Crippen molar-refractivity contribution in [1.82, 2.24) is 10.6 Å². The van der Waals surface area contributed by atoms with Gasteiger partial charge in [-0.15, -0.1) is 0 Å². The molecule has 1 aliphatic heterocycles. The SMILES string of the molecule is O[C@H]1[C@@H](O)CN[C@@H]1CNCc1ccc(F)cc1. The first-order chi connectivity index (χ1) is 8.16. The Bertz CT molecular complexity index is 358. The quantitative estimate of drug-likeness (QED) is 0.579. The van der Waals surface area contributed by atoms with Crippen molar-refractivity contribution in [3.05, 3.63) is 35.6 Å². The van der Waals surface area contributed by atoms with Crippen molar-refractivity contribution < 1.29 is 14.6 Å². The van der Waals surface area contributed by atoms with Crippen molar-refractivity contribution in [2.75, 3.05) is 13.1 Å². The van der Waals surface area contributed by atoms with E-state index in [0.717, 1.165) is 5.56 Å². The van der Waals surface area contributed by atoms with E-state index in [1.165, 1.54) is 12.1 Å². The summed E-state index contributed by atoms with van der Waals surface area (Å²) in [6, 6.07) is 6.14. The first-order valence-electron chi connectivity index (χ1n) is 5.71. The van der Waals surface area contributed by atoms with Crippen molar-refractivity contribution in [3.63, 3.8) is 0 Å². The lowest BCUT2D eigenvalue weighted by molar-refractivity contribution is 0.0407. The molecule has 5 heteroatoms. The summed E-state index contributed by atoms with van der Waals surface area (Å²) < 4.78 is 12.7. The largest absolute Gasteiger partial charge is 0.389 e. The third kappa shape index (κ3) is 3.23. The Morgan fingerprint density at radius 3 is 2.59 bits per heavy atom. The van der Waals surface area contributed by atoms with Gasteiger partial charge < -0.3 is 20.8 Å². The minimum Gasteiger partial charge on any atom is -0.389 e. The van der Waals surface area contributed by atoms with E-state index in [4.69, 9.17) is 0 Å². The molecule has 2 rings (SSSR count). The monoisotopic (exact) mass is 240 g/mol. The van der Waals surface area contributed by atoms with E-state index < -0.39 is 12.2 Å². The summed E-state index contributed by atoms with van der Waals surface area (Å²) in [6.45, 7) is 1.60. The second-order valence-electron chi connectivity index (χ2n) is 4.33. The number of aliphatic hydroxyl groups is 2. The second kappa shape index (κ2) is 5.55. The summed E-state index contributed by atoms with van der Waals surface area (Å²) >= 11 is 0. The lowest BCUT2D eigenvalue weighted by Gasteiger charge is -2.16. The van der Waals surface area contributed by atoms with Gasteiger partial charge in [0.25, 0.3) is 0 Å². The number of hydrogen-bond acceptors (Lipinski definition) is 4. The number of β-amino-alcohol motifs (C(OH)–C–C–N with tert-alkyl or cyclic N) is 1. The normalized spacial score (nSPS) is 28.5. The molecule has 0 bridgehead atoms. The van der Waals surface area contributed by atoms with Crippen molar-refractivity contribution >= 4 is 0 Å². The summed E-state index contributed by atoms with van der Waals surface area (Å²) in [5.41, 5.74) is 0.986. The molecule has 1 aliphatic rings. The van der Waals surface area contributed by atoms with Crippen LogP contribution in [0.1, 0.15) is 5.56 Å². The van der Waals surface area contributed by atoms with Crippen LogP contribution in [0, 0.1) is 5.82 Å². The highest BCUT2D eigenvalue weighted by atomic mass is 19.1. The molecule has 0 aromatic heterocycles. The maximum atomic E-state index is 12.7. The molecule has 0 spiro atoms. The molecule has 1 aromatic carbocycles. The first kappa shape index (κ1) is 12.4. The summed E-state index contributed by atoms with van der Waals surface area (Å²) in [5, 5.41) is 25.1. The van der Waals surface area contributed by atoms with Gasteiger partial charge in [-0.3, -0.25) is 0 Å². The first-order valence-corrected chi connectivity index (χ1v) is 5.71. The third-order valence-corrected chi connectivity index (χ3v) is 3.00. The Kier molecular flexibility index (Phi) is 4.06. The molecule has 4 nitrogen and oxygen atoms in total. The number of aliphatic hydroxyl groups excluding tert-OH is 2. The number of halogens is 1. The maximum absolute atomic E-state index is 12.7. The summed E-state index contributed by atoms with van der Waals surface area (Å²) in [7, 11) is 0. The van der Waals surface area contributed by atoms with Crippen molar-refractivity contribution in [2.24, 2.45) is 0 Å². The van der Waals surface area contributed by atoms with E-state index in [1.54, 1.807) is 12.1 Å². The average molecular weight is 240 g/mol. The molecule has 0 radical (unpaired) electrons. The number of nitrogens with one attached hydrogen (secondary N) is 2. The van der Waals surface area contributed by atoms with E-state index in [9.17, 15) is 14.6 Å². The van der Waals surface area contributed by atoms with Crippen molar-refractivity contribution in [1.29, 1.82) is 0 Å². The van der Waals surface area contributed by atoms with Gasteiger partial charge >= 0.3 is 0 Å². The smallest absolute Gasteiger partial charge is 0.123 e. The standard InChI is InChI=1S/C12H17FN2O2/c13-9-3-1-8(2-4-9)5-14-6-10-12(17)11(16)7-15-10/h1-4,10-12,14-17H,5-7H2/t10-,11+,12-/m1/s1. The van der Waals surface area contributed by atoms with E-state index in [0.29, 0.717) is 19.6 Å². The van der Waals surface area contributed by atoms with Gasteiger partial charge in [0, 0.05) is 25.7 Å². The fourth-order valence-electron chi connectivity index (χ4n) is 1.95. The molecule has 0 unspecified atom stereocenters. The zero-order chi connectivity index (χ0) is 12.3. The molecule has 17 heavy (non-hydrogen) atoms. The van der Waals surface area contributed by atoms with Crippen LogP contribution in [0.2, 0.25) is 0 Å². The Balaban J connectivity index is 1.74. The number of benzene rings is 1. The van der Waals surface area contributed by atoms with Crippen LogP contribution in [0.25, 0.3) is 0 Å². The van der Waals surface area contributed by atoms with E-state index >= 15 is 0 Å². The van der Waals surface area contributed by atoms with Gasteiger partial charge in [-0.05, 0) is 17.7 Å². The maximum Gasteiger partial charge on any atom is 0.123 e. The Morgan fingerprint density at radius 1 is 1.29 bits per heavy atom. The van der Waals surface area contributed by atoms with E-state index in [-0.39, 0.29) is 11.9 Å². The van der Waals surface area contributed by atoms with Crippen LogP contribution in [0.4, 0.5) is 4.39 Å². The van der Waals surface area contributed by atoms with Crippen LogP contribution in [0.15, 0.2) is 24.3 Å². The molecule has 0 amide bonds. The average Bonchev–Trinajstić information content (AvgIpc) is 2.64. The van der Waals surface area contributed by atoms with E-state index in [2.05, 4.69) is 10.6 Å². The zero-order valence-electron chi connectivity index (χ0n) is 9.44. The molecular weight excluding hydrogens is 223 g/mol. The van der Waals surface area contributed by atoms with Crippen LogP contribution in [-0.2, 0) is 6.54 Å². The fourth-order valence-corrected chi connectivity index (χ4v) is 1.95. The second-order valence-corrected chi connectivity index (χ2v) is 4.33. The molecule has 0 aliphatic carbocycles. The molecule has 4 N–H and O–H groups in total. The van der Waals surface area contributed by atoms with Gasteiger partial charge in [0.05, 0.1) is 12.2 Å². The lowest BCUT2D eigenvalue weighted by Crippen LogP contribution is -2.41. The Hall–Kier alpha value is -1.01. The predicted octanol–water partition coefficient (Wildman–Crippen LogP) is -0.391. The van der Waals surface area contributed by atoms with Crippen molar-refractivity contribution in [3.8, 4) is 0 Å². The molecule has 3 atom stereocenters. The number of hydrogen-bond donors (Lipinski definition) is 4. The molecule has 1 fully saturated rings. The van der Waals surface area contributed by atoms with Crippen molar-refractivity contribution in [2.45, 2.75) is 24.8 Å². The summed E-state index contributed by atoms with van der Waals surface area (Å²) in [6.07, 6.45) is -1.41. The van der Waals surface area contributed by atoms with Gasteiger partial charge in [0.1, 0.15) is 5.82 Å². The van der Waals surface area contributed by atoms with Gasteiger partial charge in [-0.1, -0.05) is 12.1 Å². The third-order valence-electron chi connectivity index (χ3n) is 3.00. The molecule has 94 valence electrons. The van der Waals surface area contributed by atoms with Gasteiger partial charge in [0.15, 0.2) is 0 Å². The molecule has 1 saturated heterocycles. The molecule has 0 saturated carbocycles. The highest BCUT2D eigenvalue weighted by Crippen LogP contribution is 2.07. The van der Waals surface area contributed by atoms with E-state index in [1.807, 2.05) is 0 Å². The Labute approximate surface area is 99.5 Å².